The maximum atomic E-state index is 9.51. The molecule has 0 fully saturated rings. The Morgan fingerprint density at radius 1 is 1.47 bits per heavy atom. The molecule has 0 aliphatic carbocycles. The molecule has 1 aromatic rings. The second-order valence-electron chi connectivity index (χ2n) is 3.96. The first-order valence-corrected chi connectivity index (χ1v) is 5.90. The van der Waals surface area contributed by atoms with Crippen molar-refractivity contribution >= 4 is 0 Å². The van der Waals surface area contributed by atoms with E-state index in [4.69, 9.17) is 4.74 Å². The van der Waals surface area contributed by atoms with Gasteiger partial charge in [-0.1, -0.05) is 18.2 Å². The first kappa shape index (κ1) is 13.6. The lowest BCUT2D eigenvalue weighted by Crippen LogP contribution is -2.19. The molecule has 1 aromatic carbocycles. The quantitative estimate of drug-likeness (QED) is 0.588. The van der Waals surface area contributed by atoms with Crippen molar-refractivity contribution in [2.24, 2.45) is 0 Å². The number of phenolic OH excluding ortho intramolecular Hbond substituents is 1. The Morgan fingerprint density at radius 3 is 2.88 bits per heavy atom. The second-order valence-corrected chi connectivity index (χ2v) is 3.96. The summed E-state index contributed by atoms with van der Waals surface area (Å²) in [5.41, 5.74) is 1.11. The van der Waals surface area contributed by atoms with Crippen molar-refractivity contribution in [2.75, 3.05) is 13.7 Å². The summed E-state index contributed by atoms with van der Waals surface area (Å²) >= 11 is 0. The molecular weight excluding hydrogens is 214 g/mol. The highest BCUT2D eigenvalue weighted by molar-refractivity contribution is 5.42. The minimum Gasteiger partial charge on any atom is -0.504 e. The molecule has 94 valence electrons. The van der Waals surface area contributed by atoms with E-state index >= 15 is 0 Å². The number of hydrogen-bond acceptors (Lipinski definition) is 3. The van der Waals surface area contributed by atoms with E-state index in [1.54, 1.807) is 13.2 Å². The predicted octanol–water partition coefficient (Wildman–Crippen LogP) is 3.02. The SMILES string of the molecule is C/C=C/CCNC(C)c1ccc(O)c(OC)c1. The Balaban J connectivity index is 2.59. The lowest BCUT2D eigenvalue weighted by Gasteiger charge is -2.15. The molecule has 1 unspecified atom stereocenters. The lowest BCUT2D eigenvalue weighted by molar-refractivity contribution is 0.372. The zero-order chi connectivity index (χ0) is 12.7. The van der Waals surface area contributed by atoms with Gasteiger partial charge >= 0.3 is 0 Å². The van der Waals surface area contributed by atoms with Crippen LogP contribution in [0, 0.1) is 0 Å². The van der Waals surface area contributed by atoms with Crippen LogP contribution in [0.25, 0.3) is 0 Å². The second kappa shape index (κ2) is 6.97. The highest BCUT2D eigenvalue weighted by Crippen LogP contribution is 2.28. The normalized spacial score (nSPS) is 12.9. The fraction of sp³-hybridized carbons (Fsp3) is 0.429. The van der Waals surface area contributed by atoms with E-state index in [1.807, 2.05) is 19.1 Å². The van der Waals surface area contributed by atoms with E-state index in [2.05, 4.69) is 24.4 Å². The van der Waals surface area contributed by atoms with Crippen molar-refractivity contribution in [3.05, 3.63) is 35.9 Å². The van der Waals surface area contributed by atoms with Crippen molar-refractivity contribution in [2.45, 2.75) is 26.3 Å². The van der Waals surface area contributed by atoms with Crippen LogP contribution in [0.15, 0.2) is 30.4 Å². The monoisotopic (exact) mass is 235 g/mol. The summed E-state index contributed by atoms with van der Waals surface area (Å²) < 4.78 is 5.09. The summed E-state index contributed by atoms with van der Waals surface area (Å²) in [6, 6.07) is 5.68. The number of rotatable bonds is 6. The van der Waals surface area contributed by atoms with Crippen LogP contribution in [-0.4, -0.2) is 18.8 Å². The van der Waals surface area contributed by atoms with Crippen LogP contribution in [0.4, 0.5) is 0 Å². The molecule has 1 rings (SSSR count). The molecule has 0 radical (unpaired) electrons. The number of ether oxygens (including phenoxy) is 1. The number of aromatic hydroxyl groups is 1. The van der Waals surface area contributed by atoms with E-state index < -0.39 is 0 Å². The van der Waals surface area contributed by atoms with E-state index in [-0.39, 0.29) is 11.8 Å². The first-order chi connectivity index (χ1) is 8.19. The van der Waals surface area contributed by atoms with E-state index in [0.29, 0.717) is 5.75 Å². The molecule has 3 nitrogen and oxygen atoms in total. The number of benzene rings is 1. The van der Waals surface area contributed by atoms with Crippen LogP contribution in [0.1, 0.15) is 31.9 Å². The Hall–Kier alpha value is -1.48. The Bertz CT molecular complexity index is 374. The van der Waals surface area contributed by atoms with Crippen molar-refractivity contribution in [1.29, 1.82) is 0 Å². The van der Waals surface area contributed by atoms with Gasteiger partial charge in [-0.2, -0.15) is 0 Å². The fourth-order valence-electron chi connectivity index (χ4n) is 1.63. The molecule has 0 saturated carbocycles. The summed E-state index contributed by atoms with van der Waals surface area (Å²) in [6.45, 7) is 5.06. The maximum Gasteiger partial charge on any atom is 0.160 e. The van der Waals surface area contributed by atoms with Crippen LogP contribution in [0.3, 0.4) is 0 Å². The minimum atomic E-state index is 0.178. The Kier molecular flexibility index (Phi) is 5.57. The topological polar surface area (TPSA) is 41.5 Å². The first-order valence-electron chi connectivity index (χ1n) is 5.90. The van der Waals surface area contributed by atoms with E-state index in [0.717, 1.165) is 18.5 Å². The van der Waals surface area contributed by atoms with E-state index in [9.17, 15) is 5.11 Å². The molecule has 0 saturated heterocycles. The van der Waals surface area contributed by atoms with Gasteiger partial charge < -0.3 is 15.2 Å². The molecule has 3 heteroatoms. The number of nitrogens with one attached hydrogen (secondary N) is 1. The van der Waals surface area contributed by atoms with Gasteiger partial charge in [-0.25, -0.2) is 0 Å². The molecule has 0 amide bonds. The molecule has 17 heavy (non-hydrogen) atoms. The summed E-state index contributed by atoms with van der Waals surface area (Å²) in [7, 11) is 1.56. The van der Waals surface area contributed by atoms with Gasteiger partial charge in [0.05, 0.1) is 7.11 Å². The molecule has 0 bridgehead atoms. The highest BCUT2D eigenvalue weighted by atomic mass is 16.5. The van der Waals surface area contributed by atoms with Crippen LogP contribution in [0.5, 0.6) is 11.5 Å². The summed E-state index contributed by atoms with van der Waals surface area (Å²) in [4.78, 5) is 0. The van der Waals surface area contributed by atoms with Crippen LogP contribution >= 0.6 is 0 Å². The largest absolute Gasteiger partial charge is 0.504 e. The number of phenols is 1. The van der Waals surface area contributed by atoms with Gasteiger partial charge in [0.25, 0.3) is 0 Å². The molecule has 0 heterocycles. The highest BCUT2D eigenvalue weighted by Gasteiger charge is 2.08. The standard InChI is InChI=1S/C14H21NO2/c1-4-5-6-9-15-11(2)12-7-8-13(16)14(10-12)17-3/h4-5,7-8,10-11,15-16H,6,9H2,1-3H3/b5-4+. The van der Waals surface area contributed by atoms with Gasteiger partial charge in [-0.15, -0.1) is 0 Å². The van der Waals surface area contributed by atoms with Crippen LogP contribution in [0.2, 0.25) is 0 Å². The minimum absolute atomic E-state index is 0.178. The summed E-state index contributed by atoms with van der Waals surface area (Å²) in [6.07, 6.45) is 5.21. The van der Waals surface area contributed by atoms with Crippen molar-refractivity contribution < 1.29 is 9.84 Å². The van der Waals surface area contributed by atoms with Crippen molar-refractivity contribution in [3.63, 3.8) is 0 Å². The zero-order valence-corrected chi connectivity index (χ0v) is 10.7. The van der Waals surface area contributed by atoms with Gasteiger partial charge in [0, 0.05) is 6.04 Å². The summed E-state index contributed by atoms with van der Waals surface area (Å²) in [5.74, 6) is 0.696. The van der Waals surface area contributed by atoms with E-state index in [1.165, 1.54) is 0 Å². The fourth-order valence-corrected chi connectivity index (χ4v) is 1.63. The van der Waals surface area contributed by atoms with Crippen LogP contribution in [-0.2, 0) is 0 Å². The number of methoxy groups -OCH3 is 1. The zero-order valence-electron chi connectivity index (χ0n) is 10.7. The molecular formula is C14H21NO2. The maximum absolute atomic E-state index is 9.51. The molecule has 0 aliphatic heterocycles. The van der Waals surface area contributed by atoms with Gasteiger partial charge in [0.2, 0.25) is 0 Å². The Morgan fingerprint density at radius 2 is 2.24 bits per heavy atom. The predicted molar refractivity (Wildman–Crippen MR) is 70.5 cm³/mol. The molecule has 1 atom stereocenters. The number of allylic oxidation sites excluding steroid dienone is 1. The average Bonchev–Trinajstić information content (AvgIpc) is 2.35. The third-order valence-corrected chi connectivity index (χ3v) is 2.70. The van der Waals surface area contributed by atoms with Gasteiger partial charge in [-0.05, 0) is 44.5 Å². The third kappa shape index (κ3) is 4.11. The van der Waals surface area contributed by atoms with Gasteiger partial charge in [-0.3, -0.25) is 0 Å². The average molecular weight is 235 g/mol. The number of hydrogen-bond donors (Lipinski definition) is 2. The smallest absolute Gasteiger partial charge is 0.160 e. The molecule has 0 aromatic heterocycles. The molecule has 2 N–H and O–H groups in total. The Labute approximate surface area is 103 Å². The van der Waals surface area contributed by atoms with Gasteiger partial charge in [0.1, 0.15) is 0 Å². The lowest BCUT2D eigenvalue weighted by atomic mass is 10.1. The van der Waals surface area contributed by atoms with Crippen LogP contribution < -0.4 is 10.1 Å². The molecule has 0 aliphatic rings. The summed E-state index contributed by atoms with van der Waals surface area (Å²) in [5, 5.41) is 12.9. The third-order valence-electron chi connectivity index (χ3n) is 2.70. The van der Waals surface area contributed by atoms with Crippen molar-refractivity contribution in [3.8, 4) is 11.5 Å². The van der Waals surface area contributed by atoms with Crippen molar-refractivity contribution in [1.82, 2.24) is 5.32 Å². The van der Waals surface area contributed by atoms with Gasteiger partial charge in [0.15, 0.2) is 11.5 Å². The molecule has 0 spiro atoms.